The molecule has 0 fully saturated rings. The van der Waals surface area contributed by atoms with Crippen LogP contribution < -0.4 is 0 Å². The van der Waals surface area contributed by atoms with Gasteiger partial charge in [0.2, 0.25) is 0 Å². The van der Waals surface area contributed by atoms with Crippen LogP contribution in [-0.4, -0.2) is 34.5 Å². The van der Waals surface area contributed by atoms with Crippen molar-refractivity contribution in [3.8, 4) is 0 Å². The third kappa shape index (κ3) is 3.06. The molecule has 0 radical (unpaired) electrons. The van der Waals surface area contributed by atoms with Crippen molar-refractivity contribution in [2.75, 3.05) is 13.3 Å². The number of carboxylic acid groups (broad SMARTS) is 1. The molecule has 0 bridgehead atoms. The van der Waals surface area contributed by atoms with Crippen LogP contribution in [0.15, 0.2) is 12.2 Å². The number of aliphatic hydroxyl groups excluding tert-OH is 1. The lowest BCUT2D eigenvalue weighted by molar-refractivity contribution is 0.0776. The highest BCUT2D eigenvalue weighted by molar-refractivity contribution is 5.64. The Morgan fingerprint density at radius 1 is 1.54 bits per heavy atom. The summed E-state index contributed by atoms with van der Waals surface area (Å²) in [5.74, 6) is 0.369. The Morgan fingerprint density at radius 3 is 2.77 bits per heavy atom. The highest BCUT2D eigenvalue weighted by Crippen LogP contribution is 2.18. The monoisotopic (exact) mass is 185 g/mol. The quantitative estimate of drug-likeness (QED) is 0.514. The van der Waals surface area contributed by atoms with Crippen LogP contribution in [0.3, 0.4) is 0 Å². The van der Waals surface area contributed by atoms with Gasteiger partial charge in [0, 0.05) is 6.54 Å². The van der Waals surface area contributed by atoms with Crippen LogP contribution in [0.1, 0.15) is 19.3 Å². The number of nitrogens with zero attached hydrogens (tertiary/aromatic N) is 1. The van der Waals surface area contributed by atoms with Gasteiger partial charge in [0.05, 0.1) is 0 Å². The van der Waals surface area contributed by atoms with Gasteiger partial charge < -0.3 is 10.2 Å². The molecule has 4 nitrogen and oxygen atoms in total. The second-order valence-electron chi connectivity index (χ2n) is 3.30. The van der Waals surface area contributed by atoms with E-state index in [2.05, 4.69) is 12.2 Å². The van der Waals surface area contributed by atoms with Crippen LogP contribution in [0.25, 0.3) is 0 Å². The second-order valence-corrected chi connectivity index (χ2v) is 3.30. The van der Waals surface area contributed by atoms with Gasteiger partial charge in [-0.3, -0.25) is 4.90 Å². The van der Waals surface area contributed by atoms with Crippen LogP contribution in [0.5, 0.6) is 0 Å². The molecule has 1 amide bonds. The number of aliphatic hydroxyl groups is 1. The summed E-state index contributed by atoms with van der Waals surface area (Å²) in [5, 5.41) is 17.4. The van der Waals surface area contributed by atoms with E-state index in [1.807, 2.05) is 0 Å². The van der Waals surface area contributed by atoms with Gasteiger partial charge in [-0.15, -0.1) is 0 Å². The van der Waals surface area contributed by atoms with Crippen molar-refractivity contribution >= 4 is 6.09 Å². The van der Waals surface area contributed by atoms with Crippen molar-refractivity contribution in [3.05, 3.63) is 12.2 Å². The molecule has 0 aliphatic heterocycles. The summed E-state index contributed by atoms with van der Waals surface area (Å²) in [5.41, 5.74) is 0. The van der Waals surface area contributed by atoms with Crippen LogP contribution in [-0.2, 0) is 0 Å². The lowest BCUT2D eigenvalue weighted by Crippen LogP contribution is -2.35. The first-order valence-corrected chi connectivity index (χ1v) is 4.47. The predicted molar refractivity (Wildman–Crippen MR) is 48.3 cm³/mol. The fourth-order valence-corrected chi connectivity index (χ4v) is 1.53. The Labute approximate surface area is 77.5 Å². The lowest BCUT2D eigenvalue weighted by Gasteiger charge is -2.24. The molecule has 0 aromatic rings. The van der Waals surface area contributed by atoms with E-state index in [-0.39, 0.29) is 0 Å². The second kappa shape index (κ2) is 4.87. The van der Waals surface area contributed by atoms with Gasteiger partial charge >= 0.3 is 6.09 Å². The summed E-state index contributed by atoms with van der Waals surface area (Å²) in [7, 11) is 0. The smallest absolute Gasteiger partial charge is 0.409 e. The summed E-state index contributed by atoms with van der Waals surface area (Å²) >= 11 is 0. The Morgan fingerprint density at radius 2 is 2.31 bits per heavy atom. The zero-order valence-electron chi connectivity index (χ0n) is 7.52. The van der Waals surface area contributed by atoms with Gasteiger partial charge in [0.15, 0.2) is 0 Å². The molecule has 13 heavy (non-hydrogen) atoms. The Kier molecular flexibility index (Phi) is 3.76. The van der Waals surface area contributed by atoms with Crippen molar-refractivity contribution < 1.29 is 15.0 Å². The highest BCUT2D eigenvalue weighted by Gasteiger charge is 2.17. The first-order chi connectivity index (χ1) is 6.24. The van der Waals surface area contributed by atoms with Crippen molar-refractivity contribution in [2.45, 2.75) is 19.3 Å². The minimum atomic E-state index is -1.04. The fourth-order valence-electron chi connectivity index (χ4n) is 1.53. The van der Waals surface area contributed by atoms with Gasteiger partial charge in [-0.25, -0.2) is 4.79 Å². The average Bonchev–Trinajstić information content (AvgIpc) is 2.15. The van der Waals surface area contributed by atoms with Crippen LogP contribution >= 0.6 is 0 Å². The minimum Gasteiger partial charge on any atom is -0.465 e. The molecule has 1 aliphatic rings. The molecular formula is C9H15NO3. The zero-order chi connectivity index (χ0) is 9.68. The maximum Gasteiger partial charge on any atom is 0.409 e. The molecule has 0 saturated heterocycles. The molecule has 74 valence electrons. The number of hydrogen-bond acceptors (Lipinski definition) is 2. The molecule has 0 aromatic heterocycles. The summed E-state index contributed by atoms with van der Waals surface area (Å²) in [4.78, 5) is 11.6. The van der Waals surface area contributed by atoms with E-state index in [0.29, 0.717) is 12.5 Å². The first-order valence-electron chi connectivity index (χ1n) is 4.47. The predicted octanol–water partition coefficient (Wildman–Crippen LogP) is 1.27. The molecule has 1 aliphatic carbocycles. The standard InChI is InChI=1S/C9H15NO3/c11-7-10(9(12)13)6-8-4-2-1-3-5-8/h1-2,8,11H,3-7H2,(H,12,13). The maximum atomic E-state index is 10.6. The molecule has 1 unspecified atom stereocenters. The van der Waals surface area contributed by atoms with Crippen molar-refractivity contribution in [1.82, 2.24) is 4.90 Å². The SMILES string of the molecule is O=C(O)N(CO)CC1CC=CCC1. The van der Waals surface area contributed by atoms with Crippen LogP contribution in [0, 0.1) is 5.92 Å². The van der Waals surface area contributed by atoms with Crippen molar-refractivity contribution in [3.63, 3.8) is 0 Å². The molecule has 1 atom stereocenters. The summed E-state index contributed by atoms with van der Waals surface area (Å²) < 4.78 is 0. The lowest BCUT2D eigenvalue weighted by atomic mass is 9.94. The molecule has 0 heterocycles. The van der Waals surface area contributed by atoms with Crippen LogP contribution in [0.2, 0.25) is 0 Å². The largest absolute Gasteiger partial charge is 0.465 e. The molecular weight excluding hydrogens is 170 g/mol. The normalized spacial score (nSPS) is 21.5. The number of rotatable bonds is 3. The van der Waals surface area contributed by atoms with E-state index in [1.165, 1.54) is 0 Å². The molecule has 0 spiro atoms. The third-order valence-corrected chi connectivity index (χ3v) is 2.30. The van der Waals surface area contributed by atoms with Crippen molar-refractivity contribution in [2.24, 2.45) is 5.92 Å². The average molecular weight is 185 g/mol. The van der Waals surface area contributed by atoms with Crippen molar-refractivity contribution in [1.29, 1.82) is 0 Å². The van der Waals surface area contributed by atoms with Crippen LogP contribution in [0.4, 0.5) is 4.79 Å². The van der Waals surface area contributed by atoms with Gasteiger partial charge in [-0.2, -0.15) is 0 Å². The molecule has 4 heteroatoms. The summed E-state index contributed by atoms with van der Waals surface area (Å²) in [6.07, 6.45) is 6.09. The molecule has 0 aromatic carbocycles. The number of hydrogen-bond donors (Lipinski definition) is 2. The number of amides is 1. The van der Waals surface area contributed by atoms with E-state index in [0.717, 1.165) is 24.2 Å². The van der Waals surface area contributed by atoms with Gasteiger partial charge in [0.1, 0.15) is 6.73 Å². The van der Waals surface area contributed by atoms with E-state index >= 15 is 0 Å². The van der Waals surface area contributed by atoms with E-state index in [4.69, 9.17) is 10.2 Å². The molecule has 1 rings (SSSR count). The Hall–Kier alpha value is -1.03. The molecule has 2 N–H and O–H groups in total. The number of carbonyl (C=O) groups is 1. The van der Waals surface area contributed by atoms with E-state index < -0.39 is 12.8 Å². The number of allylic oxidation sites excluding steroid dienone is 2. The van der Waals surface area contributed by atoms with Gasteiger partial charge in [-0.05, 0) is 25.2 Å². The Bertz CT molecular complexity index is 203. The molecule has 0 saturated carbocycles. The minimum absolute atomic E-state index is 0.369. The topological polar surface area (TPSA) is 60.8 Å². The zero-order valence-corrected chi connectivity index (χ0v) is 7.52. The first kappa shape index (κ1) is 10.1. The third-order valence-electron chi connectivity index (χ3n) is 2.30. The van der Waals surface area contributed by atoms with E-state index in [1.54, 1.807) is 0 Å². The summed E-state index contributed by atoms with van der Waals surface area (Å²) in [6.45, 7) is 0.0335. The maximum absolute atomic E-state index is 10.6. The highest BCUT2D eigenvalue weighted by atomic mass is 16.4. The fraction of sp³-hybridized carbons (Fsp3) is 0.667. The van der Waals surface area contributed by atoms with E-state index in [9.17, 15) is 4.79 Å². The summed E-state index contributed by atoms with van der Waals surface area (Å²) in [6, 6.07) is 0. The Balaban J connectivity index is 2.36. The van der Waals surface area contributed by atoms with Gasteiger partial charge in [0.25, 0.3) is 0 Å². The van der Waals surface area contributed by atoms with Gasteiger partial charge in [-0.1, -0.05) is 12.2 Å².